The summed E-state index contributed by atoms with van der Waals surface area (Å²) in [6.07, 6.45) is 0. The fourth-order valence-electron chi connectivity index (χ4n) is 1.38. The highest BCUT2D eigenvalue weighted by atomic mass is 16.3. The molecule has 3 nitrogen and oxygen atoms in total. The van der Waals surface area contributed by atoms with Crippen LogP contribution >= 0.6 is 0 Å². The normalized spacial score (nSPS) is 13.4. The van der Waals surface area contributed by atoms with Gasteiger partial charge >= 0.3 is 0 Å². The van der Waals surface area contributed by atoms with Gasteiger partial charge in [0.2, 0.25) is 0 Å². The van der Waals surface area contributed by atoms with Crippen LogP contribution in [0, 0.1) is 0 Å². The van der Waals surface area contributed by atoms with Crippen molar-refractivity contribution in [3.8, 4) is 5.75 Å². The number of nitrogens with two attached hydrogens (primary N) is 1. The Morgan fingerprint density at radius 1 is 1.38 bits per heavy atom. The largest absolute Gasteiger partial charge is 0.508 e. The molecule has 0 saturated carbocycles. The van der Waals surface area contributed by atoms with E-state index < -0.39 is 0 Å². The summed E-state index contributed by atoms with van der Waals surface area (Å²) >= 11 is 0. The molecule has 0 unspecified atom stereocenters. The molecule has 1 aromatic heterocycles. The maximum Gasteiger partial charge on any atom is 0.117 e. The van der Waals surface area contributed by atoms with Gasteiger partial charge in [0.25, 0.3) is 0 Å². The molecule has 0 aliphatic carbocycles. The summed E-state index contributed by atoms with van der Waals surface area (Å²) in [5, 5.41) is 10.3. The highest BCUT2D eigenvalue weighted by molar-refractivity contribution is 5.81. The van der Waals surface area contributed by atoms with E-state index in [2.05, 4.69) is 4.98 Å². The van der Waals surface area contributed by atoms with Crippen LogP contribution in [0.4, 0.5) is 0 Å². The van der Waals surface area contributed by atoms with Crippen molar-refractivity contribution in [3.05, 3.63) is 30.0 Å². The molecule has 0 amide bonds. The molecule has 0 aliphatic rings. The molecule has 1 heterocycles. The summed E-state index contributed by atoms with van der Waals surface area (Å²) < 4.78 is 0. The van der Waals surface area contributed by atoms with Gasteiger partial charge in [0.05, 0.1) is 0 Å². The average Bonchev–Trinajstić information content (AvgIpc) is 2.46. The molecule has 1 aromatic carbocycles. The minimum atomic E-state index is -0.00505. The van der Waals surface area contributed by atoms with Gasteiger partial charge in [-0.15, -0.1) is 0 Å². The topological polar surface area (TPSA) is 62.0 Å². The number of rotatable bonds is 1. The second-order valence-electron chi connectivity index (χ2n) is 3.28. The lowest BCUT2D eigenvalue weighted by atomic mass is 10.2. The van der Waals surface area contributed by atoms with Crippen LogP contribution < -0.4 is 5.73 Å². The van der Waals surface area contributed by atoms with Gasteiger partial charge in [-0.05, 0) is 30.5 Å². The van der Waals surface area contributed by atoms with E-state index in [0.717, 1.165) is 16.6 Å². The van der Waals surface area contributed by atoms with Gasteiger partial charge < -0.3 is 15.8 Å². The summed E-state index contributed by atoms with van der Waals surface area (Å²) in [5.74, 6) is 0.269. The Morgan fingerprint density at radius 3 is 2.85 bits per heavy atom. The van der Waals surface area contributed by atoms with Gasteiger partial charge in [-0.25, -0.2) is 0 Å². The van der Waals surface area contributed by atoms with Gasteiger partial charge in [0.1, 0.15) is 5.75 Å². The van der Waals surface area contributed by atoms with Gasteiger partial charge in [0.15, 0.2) is 0 Å². The van der Waals surface area contributed by atoms with E-state index >= 15 is 0 Å². The zero-order valence-electron chi connectivity index (χ0n) is 7.41. The van der Waals surface area contributed by atoms with E-state index in [-0.39, 0.29) is 11.8 Å². The molecule has 13 heavy (non-hydrogen) atoms. The number of aromatic nitrogens is 1. The van der Waals surface area contributed by atoms with Crippen molar-refractivity contribution in [3.63, 3.8) is 0 Å². The van der Waals surface area contributed by atoms with Crippen molar-refractivity contribution in [1.29, 1.82) is 0 Å². The van der Waals surface area contributed by atoms with Crippen LogP contribution in [-0.2, 0) is 0 Å². The first kappa shape index (κ1) is 8.13. The second kappa shape index (κ2) is 2.78. The molecular weight excluding hydrogens is 164 g/mol. The van der Waals surface area contributed by atoms with Crippen molar-refractivity contribution in [2.75, 3.05) is 0 Å². The van der Waals surface area contributed by atoms with Gasteiger partial charge in [-0.3, -0.25) is 0 Å². The molecule has 0 bridgehead atoms. The van der Waals surface area contributed by atoms with Gasteiger partial charge in [-0.2, -0.15) is 0 Å². The Balaban J connectivity index is 2.62. The fraction of sp³-hybridized carbons (Fsp3) is 0.200. The molecule has 1 atom stereocenters. The third-order valence-corrected chi connectivity index (χ3v) is 2.12. The number of nitrogens with one attached hydrogen (secondary N) is 1. The number of hydrogen-bond donors (Lipinski definition) is 3. The molecule has 0 spiro atoms. The highest BCUT2D eigenvalue weighted by Gasteiger charge is 2.04. The molecular formula is C10H12N2O. The lowest BCUT2D eigenvalue weighted by Crippen LogP contribution is -2.04. The van der Waals surface area contributed by atoms with Crippen LogP contribution in [0.5, 0.6) is 5.75 Å². The van der Waals surface area contributed by atoms with Crippen molar-refractivity contribution < 1.29 is 5.11 Å². The van der Waals surface area contributed by atoms with Crippen molar-refractivity contribution >= 4 is 10.9 Å². The molecule has 2 rings (SSSR count). The first-order valence-corrected chi connectivity index (χ1v) is 4.24. The summed E-state index contributed by atoms with van der Waals surface area (Å²) in [6.45, 7) is 1.92. The molecule has 0 radical (unpaired) electrons. The third-order valence-electron chi connectivity index (χ3n) is 2.12. The number of benzene rings is 1. The van der Waals surface area contributed by atoms with Crippen LogP contribution in [0.1, 0.15) is 18.7 Å². The quantitative estimate of drug-likeness (QED) is 0.621. The number of aromatic amines is 1. The number of phenolic OH excluding ortho intramolecular Hbond substituents is 1. The Hall–Kier alpha value is -1.48. The lowest BCUT2D eigenvalue weighted by molar-refractivity contribution is 0.476. The SMILES string of the molecule is C[C@@H](N)c1cc2ccc(O)cc2[nH]1. The van der Waals surface area contributed by atoms with Crippen molar-refractivity contribution in [2.24, 2.45) is 5.73 Å². The summed E-state index contributed by atoms with van der Waals surface area (Å²) in [5.41, 5.74) is 7.63. The zero-order valence-corrected chi connectivity index (χ0v) is 7.41. The second-order valence-corrected chi connectivity index (χ2v) is 3.28. The third kappa shape index (κ3) is 1.38. The molecule has 0 saturated heterocycles. The van der Waals surface area contributed by atoms with Gasteiger partial charge in [0, 0.05) is 23.3 Å². The van der Waals surface area contributed by atoms with Crippen LogP contribution in [0.2, 0.25) is 0 Å². The zero-order chi connectivity index (χ0) is 9.42. The van der Waals surface area contributed by atoms with Crippen LogP contribution in [0.3, 0.4) is 0 Å². The van der Waals surface area contributed by atoms with E-state index in [1.165, 1.54) is 0 Å². The Kier molecular flexibility index (Phi) is 1.74. The van der Waals surface area contributed by atoms with Gasteiger partial charge in [-0.1, -0.05) is 0 Å². The van der Waals surface area contributed by atoms with E-state index in [1.807, 2.05) is 19.1 Å². The molecule has 4 N–H and O–H groups in total. The number of hydrogen-bond acceptors (Lipinski definition) is 2. The van der Waals surface area contributed by atoms with Crippen molar-refractivity contribution in [2.45, 2.75) is 13.0 Å². The monoisotopic (exact) mass is 176 g/mol. The fourth-order valence-corrected chi connectivity index (χ4v) is 1.38. The lowest BCUT2D eigenvalue weighted by Gasteiger charge is -1.98. The molecule has 3 heteroatoms. The molecule has 68 valence electrons. The summed E-state index contributed by atoms with van der Waals surface area (Å²) in [4.78, 5) is 3.15. The summed E-state index contributed by atoms with van der Waals surface area (Å²) in [6, 6.07) is 7.23. The Bertz CT molecular complexity index is 431. The number of H-pyrrole nitrogens is 1. The average molecular weight is 176 g/mol. The van der Waals surface area contributed by atoms with E-state index in [9.17, 15) is 5.11 Å². The maximum atomic E-state index is 9.23. The van der Waals surface area contributed by atoms with Crippen LogP contribution in [-0.4, -0.2) is 10.1 Å². The number of phenols is 1. The predicted octanol–water partition coefficient (Wildman–Crippen LogP) is 1.89. The van der Waals surface area contributed by atoms with Crippen LogP contribution in [0.25, 0.3) is 10.9 Å². The smallest absolute Gasteiger partial charge is 0.117 e. The minimum Gasteiger partial charge on any atom is -0.508 e. The summed E-state index contributed by atoms with van der Waals surface area (Å²) in [7, 11) is 0. The maximum absolute atomic E-state index is 9.23. The predicted molar refractivity (Wildman–Crippen MR) is 52.6 cm³/mol. The van der Waals surface area contributed by atoms with Crippen molar-refractivity contribution in [1.82, 2.24) is 4.98 Å². The first-order chi connectivity index (χ1) is 6.16. The van der Waals surface area contributed by atoms with E-state index in [4.69, 9.17) is 5.73 Å². The molecule has 2 aromatic rings. The molecule has 0 fully saturated rings. The standard InChI is InChI=1S/C10H12N2O/c1-6(11)9-4-7-2-3-8(13)5-10(7)12-9/h2-6,12-13H,11H2,1H3/t6-/m1/s1. The Morgan fingerprint density at radius 2 is 2.15 bits per heavy atom. The van der Waals surface area contributed by atoms with Crippen LogP contribution in [0.15, 0.2) is 24.3 Å². The molecule has 0 aliphatic heterocycles. The minimum absolute atomic E-state index is 0.00505. The number of aromatic hydroxyl groups is 1. The first-order valence-electron chi connectivity index (χ1n) is 4.24. The van der Waals surface area contributed by atoms with E-state index in [1.54, 1.807) is 12.1 Å². The Labute approximate surface area is 76.2 Å². The van der Waals surface area contributed by atoms with E-state index in [0.29, 0.717) is 0 Å². The highest BCUT2D eigenvalue weighted by Crippen LogP contribution is 2.22. The number of fused-ring (bicyclic) bond motifs is 1.